The minimum absolute atomic E-state index is 0.323. The van der Waals surface area contributed by atoms with Crippen molar-refractivity contribution in [3.8, 4) is 11.5 Å². The Morgan fingerprint density at radius 3 is 2.40 bits per heavy atom. The van der Waals surface area contributed by atoms with Gasteiger partial charge in [-0.3, -0.25) is 0 Å². The third-order valence-corrected chi connectivity index (χ3v) is 3.53. The number of methoxy groups -OCH3 is 2. The van der Waals surface area contributed by atoms with Gasteiger partial charge in [-0.15, -0.1) is 0 Å². The summed E-state index contributed by atoms with van der Waals surface area (Å²) in [5.74, 6) is 2.41. The van der Waals surface area contributed by atoms with Crippen LogP contribution < -0.4 is 14.8 Å². The Balaban J connectivity index is 2.90. The van der Waals surface area contributed by atoms with E-state index in [4.69, 9.17) is 9.47 Å². The Labute approximate surface area is 123 Å². The van der Waals surface area contributed by atoms with Gasteiger partial charge in [0.2, 0.25) is 0 Å². The molecular weight excluding hydrogens is 250 g/mol. The first kappa shape index (κ1) is 16.8. The summed E-state index contributed by atoms with van der Waals surface area (Å²) in [5.41, 5.74) is 1.19. The van der Waals surface area contributed by atoms with E-state index in [-0.39, 0.29) is 0 Å². The second kappa shape index (κ2) is 8.85. The first-order valence-corrected chi connectivity index (χ1v) is 7.58. The van der Waals surface area contributed by atoms with E-state index in [0.29, 0.717) is 6.04 Å². The van der Waals surface area contributed by atoms with Gasteiger partial charge >= 0.3 is 0 Å². The highest BCUT2D eigenvalue weighted by atomic mass is 16.5. The molecule has 1 aromatic rings. The minimum Gasteiger partial charge on any atom is -0.493 e. The molecule has 3 nitrogen and oxygen atoms in total. The number of hydrogen-bond donors (Lipinski definition) is 1. The summed E-state index contributed by atoms with van der Waals surface area (Å²) in [5, 5.41) is 3.56. The van der Waals surface area contributed by atoms with E-state index in [2.05, 4.69) is 32.2 Å². The lowest BCUT2D eigenvalue weighted by Gasteiger charge is -2.22. The maximum Gasteiger partial charge on any atom is 0.165 e. The lowest BCUT2D eigenvalue weighted by molar-refractivity contribution is 0.343. The van der Waals surface area contributed by atoms with E-state index < -0.39 is 0 Å². The predicted molar refractivity (Wildman–Crippen MR) is 84.7 cm³/mol. The van der Waals surface area contributed by atoms with Gasteiger partial charge in [0.25, 0.3) is 0 Å². The molecule has 0 saturated heterocycles. The van der Waals surface area contributed by atoms with Crippen LogP contribution in [-0.2, 0) is 0 Å². The zero-order valence-electron chi connectivity index (χ0n) is 13.5. The summed E-state index contributed by atoms with van der Waals surface area (Å²) >= 11 is 0. The normalized spacial score (nSPS) is 12.5. The van der Waals surface area contributed by atoms with Gasteiger partial charge in [-0.25, -0.2) is 0 Å². The van der Waals surface area contributed by atoms with Crippen LogP contribution in [0.25, 0.3) is 0 Å². The number of ether oxygens (including phenoxy) is 2. The van der Waals surface area contributed by atoms with Crippen molar-refractivity contribution in [3.05, 3.63) is 23.8 Å². The van der Waals surface area contributed by atoms with E-state index in [1.54, 1.807) is 14.2 Å². The number of rotatable bonds is 9. The molecule has 114 valence electrons. The van der Waals surface area contributed by atoms with Crippen molar-refractivity contribution in [3.63, 3.8) is 0 Å². The molecule has 20 heavy (non-hydrogen) atoms. The van der Waals surface area contributed by atoms with Gasteiger partial charge in [0, 0.05) is 11.6 Å². The standard InChI is InChI=1S/C17H29NO2/c1-6-18-15(11-7-9-13(2)3)14-10-8-12-16(19-4)17(14)20-5/h8,10,12-13,15,18H,6-7,9,11H2,1-5H3. The Kier molecular flexibility index (Phi) is 7.45. The van der Waals surface area contributed by atoms with E-state index in [1.165, 1.54) is 18.4 Å². The van der Waals surface area contributed by atoms with Crippen molar-refractivity contribution in [2.45, 2.75) is 46.1 Å². The van der Waals surface area contributed by atoms with Gasteiger partial charge in [0.15, 0.2) is 11.5 Å². The molecule has 0 saturated carbocycles. The molecule has 3 heteroatoms. The second-order valence-electron chi connectivity index (χ2n) is 5.52. The number of benzene rings is 1. The van der Waals surface area contributed by atoms with E-state index in [0.717, 1.165) is 30.4 Å². The molecule has 0 heterocycles. The maximum atomic E-state index is 5.56. The van der Waals surface area contributed by atoms with Gasteiger partial charge in [-0.2, -0.15) is 0 Å². The van der Waals surface area contributed by atoms with Crippen molar-refractivity contribution in [1.82, 2.24) is 5.32 Å². The highest BCUT2D eigenvalue weighted by Gasteiger charge is 2.18. The third kappa shape index (κ3) is 4.71. The first-order valence-electron chi connectivity index (χ1n) is 7.58. The fourth-order valence-electron chi connectivity index (χ4n) is 2.53. The summed E-state index contributed by atoms with van der Waals surface area (Å²) < 4.78 is 11.0. The second-order valence-corrected chi connectivity index (χ2v) is 5.52. The smallest absolute Gasteiger partial charge is 0.165 e. The van der Waals surface area contributed by atoms with Crippen LogP contribution >= 0.6 is 0 Å². The Hall–Kier alpha value is -1.22. The van der Waals surface area contributed by atoms with Crippen LogP contribution in [0.3, 0.4) is 0 Å². The number of hydrogen-bond acceptors (Lipinski definition) is 3. The van der Waals surface area contributed by atoms with Crippen LogP contribution in [0.15, 0.2) is 18.2 Å². The summed E-state index contributed by atoms with van der Waals surface area (Å²) in [6.07, 6.45) is 3.60. The fraction of sp³-hybridized carbons (Fsp3) is 0.647. The molecular formula is C17H29NO2. The van der Waals surface area contributed by atoms with Crippen LogP contribution in [0, 0.1) is 5.92 Å². The summed E-state index contributed by atoms with van der Waals surface area (Å²) in [6, 6.07) is 6.43. The van der Waals surface area contributed by atoms with Gasteiger partial charge < -0.3 is 14.8 Å². The van der Waals surface area contributed by atoms with Crippen LogP contribution in [0.1, 0.15) is 51.6 Å². The molecule has 1 atom stereocenters. The van der Waals surface area contributed by atoms with Gasteiger partial charge in [-0.1, -0.05) is 45.7 Å². The highest BCUT2D eigenvalue weighted by molar-refractivity contribution is 5.48. The minimum atomic E-state index is 0.323. The molecule has 0 aliphatic heterocycles. The van der Waals surface area contributed by atoms with Crippen LogP contribution in [-0.4, -0.2) is 20.8 Å². The molecule has 1 N–H and O–H groups in total. The topological polar surface area (TPSA) is 30.5 Å². The molecule has 0 fully saturated rings. The van der Waals surface area contributed by atoms with Gasteiger partial charge in [0.1, 0.15) is 0 Å². The van der Waals surface area contributed by atoms with Crippen molar-refractivity contribution in [1.29, 1.82) is 0 Å². The van der Waals surface area contributed by atoms with Gasteiger partial charge in [0.05, 0.1) is 14.2 Å². The Morgan fingerprint density at radius 1 is 1.10 bits per heavy atom. The molecule has 0 bridgehead atoms. The molecule has 0 aliphatic carbocycles. The average molecular weight is 279 g/mol. The average Bonchev–Trinajstić information content (AvgIpc) is 2.45. The number of para-hydroxylation sites is 1. The Bertz CT molecular complexity index is 391. The zero-order valence-corrected chi connectivity index (χ0v) is 13.5. The fourth-order valence-corrected chi connectivity index (χ4v) is 2.53. The number of nitrogens with one attached hydrogen (secondary N) is 1. The summed E-state index contributed by atoms with van der Waals surface area (Å²) in [4.78, 5) is 0. The molecule has 1 unspecified atom stereocenters. The first-order chi connectivity index (χ1) is 9.63. The lowest BCUT2D eigenvalue weighted by Crippen LogP contribution is -2.21. The molecule has 0 radical (unpaired) electrons. The largest absolute Gasteiger partial charge is 0.493 e. The van der Waals surface area contributed by atoms with Gasteiger partial charge in [-0.05, 0) is 24.9 Å². The van der Waals surface area contributed by atoms with Crippen molar-refractivity contribution >= 4 is 0 Å². The SMILES string of the molecule is CCNC(CCCC(C)C)c1cccc(OC)c1OC. The maximum absolute atomic E-state index is 5.56. The molecule has 1 aromatic carbocycles. The van der Waals surface area contributed by atoms with Crippen LogP contribution in [0.2, 0.25) is 0 Å². The molecule has 0 spiro atoms. The monoisotopic (exact) mass is 279 g/mol. The quantitative estimate of drug-likeness (QED) is 0.735. The van der Waals surface area contributed by atoms with E-state index in [1.807, 2.05) is 12.1 Å². The highest BCUT2D eigenvalue weighted by Crippen LogP contribution is 2.36. The predicted octanol–water partition coefficient (Wildman–Crippen LogP) is 4.18. The van der Waals surface area contributed by atoms with Crippen molar-refractivity contribution < 1.29 is 9.47 Å². The van der Waals surface area contributed by atoms with E-state index >= 15 is 0 Å². The summed E-state index contributed by atoms with van der Waals surface area (Å²) in [7, 11) is 3.39. The van der Waals surface area contributed by atoms with Crippen molar-refractivity contribution in [2.24, 2.45) is 5.92 Å². The molecule has 1 rings (SSSR count). The zero-order chi connectivity index (χ0) is 15.0. The molecule has 0 aliphatic rings. The summed E-state index contributed by atoms with van der Waals surface area (Å²) in [6.45, 7) is 7.64. The van der Waals surface area contributed by atoms with E-state index in [9.17, 15) is 0 Å². The Morgan fingerprint density at radius 2 is 1.85 bits per heavy atom. The van der Waals surface area contributed by atoms with Crippen LogP contribution in [0.4, 0.5) is 0 Å². The third-order valence-electron chi connectivity index (χ3n) is 3.53. The molecule has 0 amide bonds. The van der Waals surface area contributed by atoms with Crippen molar-refractivity contribution in [2.75, 3.05) is 20.8 Å². The molecule has 0 aromatic heterocycles. The lowest BCUT2D eigenvalue weighted by atomic mass is 9.97. The van der Waals surface area contributed by atoms with Crippen LogP contribution in [0.5, 0.6) is 11.5 Å².